The maximum atomic E-state index is 12.1. The Morgan fingerprint density at radius 2 is 1.76 bits per heavy atom. The third kappa shape index (κ3) is 4.74. The minimum Gasteiger partial charge on any atom is -0.394 e. The lowest BCUT2D eigenvalue weighted by Gasteiger charge is -2.26. The average Bonchev–Trinajstić information content (AvgIpc) is 2.44. The van der Waals surface area contributed by atoms with Crippen molar-refractivity contribution < 1.29 is 9.90 Å². The topological polar surface area (TPSA) is 52.6 Å². The number of aliphatic hydroxyl groups excluding tert-OH is 1. The first kappa shape index (κ1) is 17.5. The number of urea groups is 1. The molecule has 0 saturated heterocycles. The van der Waals surface area contributed by atoms with Crippen LogP contribution in [0.4, 0.5) is 4.79 Å². The second kappa shape index (κ2) is 6.94. The van der Waals surface area contributed by atoms with Crippen molar-refractivity contribution >= 4 is 6.03 Å². The SMILES string of the molecule is CC(NC(=O)N(C)C(C)CO)c1ccc(C(C)(C)C)cc1. The van der Waals surface area contributed by atoms with Crippen LogP contribution in [-0.4, -0.2) is 35.7 Å². The molecule has 0 radical (unpaired) electrons. The largest absolute Gasteiger partial charge is 0.394 e. The molecule has 0 bridgehead atoms. The fourth-order valence-electron chi connectivity index (χ4n) is 1.96. The molecule has 0 aromatic heterocycles. The van der Waals surface area contributed by atoms with Crippen LogP contribution in [0, 0.1) is 0 Å². The van der Waals surface area contributed by atoms with E-state index in [1.165, 1.54) is 10.5 Å². The third-order valence-corrected chi connectivity index (χ3v) is 3.86. The highest BCUT2D eigenvalue weighted by molar-refractivity contribution is 5.74. The summed E-state index contributed by atoms with van der Waals surface area (Å²) in [6, 6.07) is 7.89. The Morgan fingerprint density at radius 3 is 2.19 bits per heavy atom. The van der Waals surface area contributed by atoms with Crippen molar-refractivity contribution in [3.05, 3.63) is 35.4 Å². The van der Waals surface area contributed by atoms with Crippen LogP contribution in [0.5, 0.6) is 0 Å². The Kier molecular flexibility index (Phi) is 5.78. The molecule has 0 saturated carbocycles. The van der Waals surface area contributed by atoms with Crippen molar-refractivity contribution in [3.63, 3.8) is 0 Å². The van der Waals surface area contributed by atoms with E-state index < -0.39 is 0 Å². The summed E-state index contributed by atoms with van der Waals surface area (Å²) in [5.41, 5.74) is 2.47. The van der Waals surface area contributed by atoms with E-state index in [0.717, 1.165) is 5.56 Å². The number of carbonyl (C=O) groups is 1. The van der Waals surface area contributed by atoms with Crippen LogP contribution in [-0.2, 0) is 5.41 Å². The zero-order valence-electron chi connectivity index (χ0n) is 14.0. The van der Waals surface area contributed by atoms with Crippen LogP contribution in [0.1, 0.15) is 51.8 Å². The van der Waals surface area contributed by atoms with Gasteiger partial charge in [0.05, 0.1) is 18.7 Å². The second-order valence-corrected chi connectivity index (χ2v) is 6.69. The van der Waals surface area contributed by atoms with Gasteiger partial charge in [0.15, 0.2) is 0 Å². The summed E-state index contributed by atoms with van der Waals surface area (Å²) in [6.07, 6.45) is 0. The molecule has 118 valence electrons. The Hall–Kier alpha value is -1.55. The lowest BCUT2D eigenvalue weighted by Crippen LogP contribution is -2.44. The fourth-order valence-corrected chi connectivity index (χ4v) is 1.96. The van der Waals surface area contributed by atoms with Crippen molar-refractivity contribution in [3.8, 4) is 0 Å². The lowest BCUT2D eigenvalue weighted by atomic mass is 9.86. The van der Waals surface area contributed by atoms with Crippen LogP contribution < -0.4 is 5.32 Å². The molecule has 2 N–H and O–H groups in total. The molecular formula is C17H28N2O2. The normalized spacial score (nSPS) is 14.4. The van der Waals surface area contributed by atoms with Gasteiger partial charge in [-0.3, -0.25) is 0 Å². The van der Waals surface area contributed by atoms with Crippen LogP contribution >= 0.6 is 0 Å². The van der Waals surface area contributed by atoms with E-state index in [4.69, 9.17) is 5.11 Å². The number of hydrogen-bond donors (Lipinski definition) is 2. The number of nitrogens with zero attached hydrogens (tertiary/aromatic N) is 1. The van der Waals surface area contributed by atoms with Gasteiger partial charge in [0, 0.05) is 7.05 Å². The van der Waals surface area contributed by atoms with Gasteiger partial charge in [-0.25, -0.2) is 4.79 Å². The first-order valence-electron chi connectivity index (χ1n) is 7.41. The van der Waals surface area contributed by atoms with Gasteiger partial charge in [0.25, 0.3) is 0 Å². The van der Waals surface area contributed by atoms with Gasteiger partial charge in [0.1, 0.15) is 0 Å². The van der Waals surface area contributed by atoms with E-state index in [2.05, 4.69) is 50.4 Å². The molecule has 0 aliphatic rings. The van der Waals surface area contributed by atoms with Crippen LogP contribution in [0.15, 0.2) is 24.3 Å². The molecule has 4 nitrogen and oxygen atoms in total. The van der Waals surface area contributed by atoms with E-state index >= 15 is 0 Å². The van der Waals surface area contributed by atoms with Gasteiger partial charge in [0.2, 0.25) is 0 Å². The number of aliphatic hydroxyl groups is 1. The highest BCUT2D eigenvalue weighted by Crippen LogP contribution is 2.23. The van der Waals surface area contributed by atoms with Gasteiger partial charge in [-0.15, -0.1) is 0 Å². The summed E-state index contributed by atoms with van der Waals surface area (Å²) in [6.45, 7) is 10.3. The maximum absolute atomic E-state index is 12.1. The maximum Gasteiger partial charge on any atom is 0.317 e. The molecule has 0 fully saturated rings. The van der Waals surface area contributed by atoms with E-state index in [1.54, 1.807) is 7.05 Å². The number of rotatable bonds is 4. The standard InChI is InChI=1S/C17H28N2O2/c1-12(11-20)19(6)16(21)18-13(2)14-7-9-15(10-8-14)17(3,4)5/h7-10,12-13,20H,11H2,1-6H3,(H,18,21). The molecule has 0 aliphatic heterocycles. The lowest BCUT2D eigenvalue weighted by molar-refractivity contribution is 0.155. The predicted molar refractivity (Wildman–Crippen MR) is 86.4 cm³/mol. The molecule has 1 aromatic rings. The first-order chi connectivity index (χ1) is 9.66. The number of amides is 2. The number of nitrogens with one attached hydrogen (secondary N) is 1. The molecule has 2 unspecified atom stereocenters. The van der Waals surface area contributed by atoms with Crippen molar-refractivity contribution in [2.45, 2.75) is 52.1 Å². The van der Waals surface area contributed by atoms with Crippen molar-refractivity contribution in [1.82, 2.24) is 10.2 Å². The van der Waals surface area contributed by atoms with Crippen molar-refractivity contribution in [2.75, 3.05) is 13.7 Å². The van der Waals surface area contributed by atoms with E-state index in [1.807, 2.05) is 13.8 Å². The van der Waals surface area contributed by atoms with Crippen molar-refractivity contribution in [2.24, 2.45) is 0 Å². The Labute approximate surface area is 128 Å². The summed E-state index contributed by atoms with van der Waals surface area (Å²) in [5.74, 6) is 0. The molecule has 2 amide bonds. The Bertz CT molecular complexity index is 463. The van der Waals surface area contributed by atoms with Crippen molar-refractivity contribution in [1.29, 1.82) is 0 Å². The number of benzene rings is 1. The van der Waals surface area contributed by atoms with E-state index in [-0.39, 0.29) is 30.1 Å². The van der Waals surface area contributed by atoms with Gasteiger partial charge < -0.3 is 15.3 Å². The van der Waals surface area contributed by atoms with E-state index in [9.17, 15) is 4.79 Å². The Morgan fingerprint density at radius 1 is 1.24 bits per heavy atom. The summed E-state index contributed by atoms with van der Waals surface area (Å²) >= 11 is 0. The number of carbonyl (C=O) groups excluding carboxylic acids is 1. The molecule has 2 atom stereocenters. The summed E-state index contributed by atoms with van der Waals surface area (Å²) < 4.78 is 0. The monoisotopic (exact) mass is 292 g/mol. The van der Waals surface area contributed by atoms with Gasteiger partial charge in [-0.05, 0) is 30.4 Å². The molecule has 1 aromatic carbocycles. The summed E-state index contributed by atoms with van der Waals surface area (Å²) in [5, 5.41) is 12.0. The average molecular weight is 292 g/mol. The predicted octanol–water partition coefficient (Wildman–Crippen LogP) is 3.07. The molecule has 21 heavy (non-hydrogen) atoms. The highest BCUT2D eigenvalue weighted by Gasteiger charge is 2.18. The minimum atomic E-state index is -0.194. The molecular weight excluding hydrogens is 264 g/mol. The summed E-state index contributed by atoms with van der Waals surface area (Å²) in [7, 11) is 1.69. The summed E-state index contributed by atoms with van der Waals surface area (Å²) in [4.78, 5) is 13.6. The molecule has 0 aliphatic carbocycles. The van der Waals surface area contributed by atoms with Crippen LogP contribution in [0.3, 0.4) is 0 Å². The Balaban J connectivity index is 2.72. The van der Waals surface area contributed by atoms with Gasteiger partial charge in [-0.2, -0.15) is 0 Å². The quantitative estimate of drug-likeness (QED) is 0.896. The van der Waals surface area contributed by atoms with E-state index in [0.29, 0.717) is 0 Å². The minimum absolute atomic E-state index is 0.0431. The van der Waals surface area contributed by atoms with Gasteiger partial charge >= 0.3 is 6.03 Å². The second-order valence-electron chi connectivity index (χ2n) is 6.69. The van der Waals surface area contributed by atoms with Crippen LogP contribution in [0.25, 0.3) is 0 Å². The molecule has 4 heteroatoms. The number of hydrogen-bond acceptors (Lipinski definition) is 2. The highest BCUT2D eigenvalue weighted by atomic mass is 16.3. The van der Waals surface area contributed by atoms with Gasteiger partial charge in [-0.1, -0.05) is 45.0 Å². The molecule has 0 spiro atoms. The number of likely N-dealkylation sites (N-methyl/N-ethyl adjacent to an activating group) is 1. The van der Waals surface area contributed by atoms with Crippen LogP contribution in [0.2, 0.25) is 0 Å². The molecule has 1 rings (SSSR count). The smallest absolute Gasteiger partial charge is 0.317 e. The fraction of sp³-hybridized carbons (Fsp3) is 0.588. The molecule has 0 heterocycles. The zero-order valence-corrected chi connectivity index (χ0v) is 14.0. The first-order valence-corrected chi connectivity index (χ1v) is 7.41. The zero-order chi connectivity index (χ0) is 16.2. The third-order valence-electron chi connectivity index (χ3n) is 3.86.